The van der Waals surface area contributed by atoms with E-state index >= 15 is 0 Å². The molecule has 0 saturated heterocycles. The van der Waals surface area contributed by atoms with Gasteiger partial charge in [-0.25, -0.2) is 0 Å². The summed E-state index contributed by atoms with van der Waals surface area (Å²) in [6.45, 7) is 1.92. The number of pyridine rings is 1. The SMILES string of the molecule is COC(CNC(=O)c1ncccc1C)CC(=O)O. The summed E-state index contributed by atoms with van der Waals surface area (Å²) >= 11 is 0. The Hall–Kier alpha value is -1.95. The monoisotopic (exact) mass is 252 g/mol. The summed E-state index contributed by atoms with van der Waals surface area (Å²) in [7, 11) is 1.41. The van der Waals surface area contributed by atoms with E-state index in [1.165, 1.54) is 13.3 Å². The minimum Gasteiger partial charge on any atom is -0.481 e. The number of methoxy groups -OCH3 is 1. The highest BCUT2D eigenvalue weighted by molar-refractivity contribution is 5.93. The van der Waals surface area contributed by atoms with Crippen molar-refractivity contribution in [3.8, 4) is 0 Å². The molecule has 0 radical (unpaired) electrons. The van der Waals surface area contributed by atoms with Crippen LogP contribution in [0, 0.1) is 6.92 Å². The average molecular weight is 252 g/mol. The van der Waals surface area contributed by atoms with Crippen molar-refractivity contribution in [1.29, 1.82) is 0 Å². The fourth-order valence-electron chi connectivity index (χ4n) is 1.45. The molecule has 1 aromatic rings. The number of rotatable bonds is 6. The number of amides is 1. The second kappa shape index (κ2) is 6.70. The van der Waals surface area contributed by atoms with Crippen LogP contribution >= 0.6 is 0 Å². The predicted molar refractivity (Wildman–Crippen MR) is 64.4 cm³/mol. The van der Waals surface area contributed by atoms with Gasteiger partial charge in [0.25, 0.3) is 5.91 Å². The number of aryl methyl sites for hydroxylation is 1. The Morgan fingerprint density at radius 1 is 1.56 bits per heavy atom. The van der Waals surface area contributed by atoms with Crippen molar-refractivity contribution in [3.05, 3.63) is 29.6 Å². The van der Waals surface area contributed by atoms with Crippen molar-refractivity contribution in [2.75, 3.05) is 13.7 Å². The van der Waals surface area contributed by atoms with Crippen molar-refractivity contribution in [2.24, 2.45) is 0 Å². The first kappa shape index (κ1) is 14.1. The van der Waals surface area contributed by atoms with Crippen LogP contribution in [0.1, 0.15) is 22.5 Å². The van der Waals surface area contributed by atoms with Crippen molar-refractivity contribution in [1.82, 2.24) is 10.3 Å². The van der Waals surface area contributed by atoms with E-state index in [4.69, 9.17) is 9.84 Å². The Balaban J connectivity index is 2.55. The smallest absolute Gasteiger partial charge is 0.306 e. The number of hydrogen-bond donors (Lipinski definition) is 2. The third-order valence-electron chi connectivity index (χ3n) is 2.45. The summed E-state index contributed by atoms with van der Waals surface area (Å²) in [5.74, 6) is -1.30. The number of carboxylic acid groups (broad SMARTS) is 1. The molecule has 0 fully saturated rings. The number of aliphatic carboxylic acids is 1. The number of nitrogens with zero attached hydrogens (tertiary/aromatic N) is 1. The molecule has 0 saturated carbocycles. The summed E-state index contributed by atoms with van der Waals surface area (Å²) in [4.78, 5) is 26.3. The standard InChI is InChI=1S/C12H16N2O4/c1-8-4-3-5-13-11(8)12(17)14-7-9(18-2)6-10(15)16/h3-5,9H,6-7H2,1-2H3,(H,14,17)(H,15,16). The maximum absolute atomic E-state index is 11.8. The Morgan fingerprint density at radius 3 is 2.83 bits per heavy atom. The lowest BCUT2D eigenvalue weighted by Gasteiger charge is -2.14. The van der Waals surface area contributed by atoms with Gasteiger partial charge in [-0.15, -0.1) is 0 Å². The lowest BCUT2D eigenvalue weighted by molar-refractivity contribution is -0.139. The van der Waals surface area contributed by atoms with Gasteiger partial charge in [-0.3, -0.25) is 14.6 Å². The van der Waals surface area contributed by atoms with E-state index in [9.17, 15) is 9.59 Å². The summed E-state index contributed by atoms with van der Waals surface area (Å²) in [6, 6.07) is 3.53. The van der Waals surface area contributed by atoms with Crippen LogP contribution < -0.4 is 5.32 Å². The Labute approximate surface area is 105 Å². The van der Waals surface area contributed by atoms with Crippen LogP contribution in [0.25, 0.3) is 0 Å². The molecule has 0 aliphatic rings. The molecule has 1 rings (SSSR count). The van der Waals surface area contributed by atoms with Gasteiger partial charge in [0, 0.05) is 19.9 Å². The summed E-state index contributed by atoms with van der Waals surface area (Å²) in [5.41, 5.74) is 1.10. The quantitative estimate of drug-likeness (QED) is 0.774. The van der Waals surface area contributed by atoms with Crippen LogP contribution in [-0.2, 0) is 9.53 Å². The third kappa shape index (κ3) is 4.14. The molecular formula is C12H16N2O4. The summed E-state index contributed by atoms with van der Waals surface area (Å²) in [6.07, 6.45) is 0.834. The molecule has 0 aliphatic carbocycles. The van der Waals surface area contributed by atoms with Crippen LogP contribution in [0.5, 0.6) is 0 Å². The Morgan fingerprint density at radius 2 is 2.28 bits per heavy atom. The van der Waals surface area contributed by atoms with Crippen LogP contribution in [-0.4, -0.2) is 41.7 Å². The molecule has 0 bridgehead atoms. The molecule has 2 N–H and O–H groups in total. The molecule has 18 heavy (non-hydrogen) atoms. The predicted octanol–water partition coefficient (Wildman–Crippen LogP) is 0.610. The fraction of sp³-hybridized carbons (Fsp3) is 0.417. The van der Waals surface area contributed by atoms with Crippen molar-refractivity contribution in [2.45, 2.75) is 19.4 Å². The number of carbonyl (C=O) groups excluding carboxylic acids is 1. The highest BCUT2D eigenvalue weighted by atomic mass is 16.5. The molecule has 98 valence electrons. The molecule has 0 spiro atoms. The topological polar surface area (TPSA) is 88.5 Å². The van der Waals surface area contributed by atoms with Gasteiger partial charge in [0.15, 0.2) is 0 Å². The van der Waals surface area contributed by atoms with Gasteiger partial charge in [0.05, 0.1) is 12.5 Å². The maximum Gasteiger partial charge on any atom is 0.306 e. The first-order chi connectivity index (χ1) is 8.54. The summed E-state index contributed by atoms with van der Waals surface area (Å²) < 4.78 is 4.96. The first-order valence-electron chi connectivity index (χ1n) is 5.49. The molecule has 1 aromatic heterocycles. The zero-order chi connectivity index (χ0) is 13.5. The van der Waals surface area contributed by atoms with E-state index in [2.05, 4.69) is 10.3 Å². The maximum atomic E-state index is 11.8. The average Bonchev–Trinajstić information content (AvgIpc) is 2.34. The van der Waals surface area contributed by atoms with E-state index in [0.717, 1.165) is 5.56 Å². The third-order valence-corrected chi connectivity index (χ3v) is 2.45. The Bertz CT molecular complexity index is 434. The van der Waals surface area contributed by atoms with Crippen molar-refractivity contribution >= 4 is 11.9 Å². The van der Waals surface area contributed by atoms with Gasteiger partial charge in [-0.1, -0.05) is 6.07 Å². The van der Waals surface area contributed by atoms with E-state index in [-0.39, 0.29) is 18.9 Å². The Kier molecular flexibility index (Phi) is 5.26. The van der Waals surface area contributed by atoms with E-state index in [0.29, 0.717) is 5.69 Å². The van der Waals surface area contributed by atoms with E-state index < -0.39 is 12.1 Å². The van der Waals surface area contributed by atoms with Gasteiger partial charge in [-0.2, -0.15) is 0 Å². The van der Waals surface area contributed by atoms with Crippen LogP contribution in [0.4, 0.5) is 0 Å². The van der Waals surface area contributed by atoms with Gasteiger partial charge >= 0.3 is 5.97 Å². The van der Waals surface area contributed by atoms with Crippen LogP contribution in [0.15, 0.2) is 18.3 Å². The zero-order valence-electron chi connectivity index (χ0n) is 10.3. The lowest BCUT2D eigenvalue weighted by atomic mass is 10.2. The minimum absolute atomic E-state index is 0.137. The second-order valence-electron chi connectivity index (χ2n) is 3.83. The van der Waals surface area contributed by atoms with Gasteiger partial charge in [0.1, 0.15) is 5.69 Å². The van der Waals surface area contributed by atoms with Gasteiger partial charge in [0.2, 0.25) is 0 Å². The zero-order valence-corrected chi connectivity index (χ0v) is 10.3. The largest absolute Gasteiger partial charge is 0.481 e. The molecule has 6 heteroatoms. The number of carboxylic acids is 1. The normalized spacial score (nSPS) is 11.9. The molecule has 0 aromatic carbocycles. The number of hydrogen-bond acceptors (Lipinski definition) is 4. The number of ether oxygens (including phenoxy) is 1. The van der Waals surface area contributed by atoms with Gasteiger partial charge in [-0.05, 0) is 18.6 Å². The summed E-state index contributed by atoms with van der Waals surface area (Å²) in [5, 5.41) is 11.2. The molecular weight excluding hydrogens is 236 g/mol. The van der Waals surface area contributed by atoms with Crippen LogP contribution in [0.3, 0.4) is 0 Å². The van der Waals surface area contributed by atoms with Crippen LogP contribution in [0.2, 0.25) is 0 Å². The van der Waals surface area contributed by atoms with Gasteiger partial charge < -0.3 is 15.2 Å². The molecule has 1 atom stereocenters. The molecule has 1 heterocycles. The second-order valence-corrected chi connectivity index (χ2v) is 3.83. The highest BCUT2D eigenvalue weighted by Crippen LogP contribution is 2.03. The van der Waals surface area contributed by atoms with Crippen molar-refractivity contribution < 1.29 is 19.4 Å². The molecule has 0 aliphatic heterocycles. The highest BCUT2D eigenvalue weighted by Gasteiger charge is 2.15. The van der Waals surface area contributed by atoms with E-state index in [1.54, 1.807) is 19.1 Å². The first-order valence-corrected chi connectivity index (χ1v) is 5.49. The fourth-order valence-corrected chi connectivity index (χ4v) is 1.45. The molecule has 6 nitrogen and oxygen atoms in total. The lowest BCUT2D eigenvalue weighted by Crippen LogP contribution is -2.35. The minimum atomic E-state index is -0.967. The number of carbonyl (C=O) groups is 2. The molecule has 1 amide bonds. The number of aromatic nitrogens is 1. The molecule has 1 unspecified atom stereocenters. The van der Waals surface area contributed by atoms with Crippen molar-refractivity contribution in [3.63, 3.8) is 0 Å². The van der Waals surface area contributed by atoms with E-state index in [1.807, 2.05) is 0 Å². The number of nitrogens with one attached hydrogen (secondary N) is 1.